The van der Waals surface area contributed by atoms with E-state index >= 15 is 0 Å². The Morgan fingerprint density at radius 2 is 2.50 bits per heavy atom. The van der Waals surface area contributed by atoms with Crippen molar-refractivity contribution in [1.82, 2.24) is 10.2 Å². The summed E-state index contributed by atoms with van der Waals surface area (Å²) >= 11 is 1.83. The molecular weight excluding hydrogens is 220 g/mol. The van der Waals surface area contributed by atoms with Gasteiger partial charge in [-0.05, 0) is 25.0 Å². The molecule has 1 aliphatic rings. The van der Waals surface area contributed by atoms with E-state index in [1.165, 1.54) is 4.88 Å². The number of likely N-dealkylation sites (N-methyl/N-ethyl adjacent to an activating group) is 2. The lowest BCUT2D eigenvalue weighted by molar-refractivity contribution is -0.0674. The molecule has 4 heteroatoms. The third kappa shape index (κ3) is 2.46. The molecule has 1 aromatic rings. The summed E-state index contributed by atoms with van der Waals surface area (Å²) in [7, 11) is 1.99. The Hall–Kier alpha value is -0.420. The van der Waals surface area contributed by atoms with E-state index in [1.54, 1.807) is 0 Å². The number of ether oxygens (including phenoxy) is 1. The number of nitrogens with zero attached hydrogens (tertiary/aromatic N) is 1. The summed E-state index contributed by atoms with van der Waals surface area (Å²) in [5.41, 5.74) is 0. The van der Waals surface area contributed by atoms with Gasteiger partial charge in [-0.25, -0.2) is 0 Å². The van der Waals surface area contributed by atoms with Crippen LogP contribution in [0.1, 0.15) is 17.8 Å². The Kier molecular flexibility index (Phi) is 4.35. The third-order valence-corrected chi connectivity index (χ3v) is 4.05. The van der Waals surface area contributed by atoms with Crippen LogP contribution in [0.25, 0.3) is 0 Å². The van der Waals surface area contributed by atoms with Crippen LogP contribution in [0.5, 0.6) is 0 Å². The van der Waals surface area contributed by atoms with Crippen molar-refractivity contribution in [2.75, 3.05) is 33.3 Å². The first kappa shape index (κ1) is 12.0. The van der Waals surface area contributed by atoms with Gasteiger partial charge in [-0.15, -0.1) is 11.3 Å². The van der Waals surface area contributed by atoms with Gasteiger partial charge in [-0.3, -0.25) is 4.90 Å². The number of thiophene rings is 1. The zero-order chi connectivity index (χ0) is 11.4. The average molecular weight is 240 g/mol. The predicted molar refractivity (Wildman–Crippen MR) is 68.0 cm³/mol. The zero-order valence-corrected chi connectivity index (χ0v) is 10.8. The molecule has 1 fully saturated rings. The number of rotatable bonds is 4. The highest BCUT2D eigenvalue weighted by atomic mass is 32.1. The quantitative estimate of drug-likeness (QED) is 0.867. The second-order valence-electron chi connectivity index (χ2n) is 4.06. The molecule has 1 saturated heterocycles. The first-order valence-corrected chi connectivity index (χ1v) is 6.78. The van der Waals surface area contributed by atoms with Gasteiger partial charge < -0.3 is 10.1 Å². The molecule has 1 aromatic heterocycles. The van der Waals surface area contributed by atoms with Crippen molar-refractivity contribution in [2.24, 2.45) is 0 Å². The smallest absolute Gasteiger partial charge is 0.0904 e. The minimum atomic E-state index is 0.275. The molecule has 2 unspecified atom stereocenters. The Morgan fingerprint density at radius 1 is 1.62 bits per heavy atom. The monoisotopic (exact) mass is 240 g/mol. The molecule has 3 nitrogen and oxygen atoms in total. The van der Waals surface area contributed by atoms with Crippen LogP contribution in [-0.2, 0) is 4.74 Å². The highest BCUT2D eigenvalue weighted by molar-refractivity contribution is 7.10. The van der Waals surface area contributed by atoms with E-state index in [9.17, 15) is 0 Å². The fourth-order valence-corrected chi connectivity index (χ4v) is 3.25. The van der Waals surface area contributed by atoms with Crippen molar-refractivity contribution in [3.8, 4) is 0 Å². The van der Waals surface area contributed by atoms with Crippen molar-refractivity contribution >= 4 is 11.3 Å². The number of hydrogen-bond donors (Lipinski definition) is 1. The van der Waals surface area contributed by atoms with Gasteiger partial charge in [-0.2, -0.15) is 0 Å². The fourth-order valence-electron chi connectivity index (χ4n) is 2.34. The Morgan fingerprint density at radius 3 is 3.12 bits per heavy atom. The Labute approximate surface area is 101 Å². The molecule has 1 N–H and O–H groups in total. The van der Waals surface area contributed by atoms with Gasteiger partial charge in [0.05, 0.1) is 18.8 Å². The van der Waals surface area contributed by atoms with Crippen LogP contribution in [0.15, 0.2) is 17.5 Å². The molecule has 0 bridgehead atoms. The van der Waals surface area contributed by atoms with Crippen molar-refractivity contribution in [3.05, 3.63) is 22.4 Å². The Balaban J connectivity index is 2.17. The molecule has 2 rings (SSSR count). The second kappa shape index (κ2) is 5.77. The number of morpholine rings is 1. The summed E-state index contributed by atoms with van der Waals surface area (Å²) in [4.78, 5) is 3.93. The van der Waals surface area contributed by atoms with E-state index in [0.29, 0.717) is 6.04 Å². The topological polar surface area (TPSA) is 24.5 Å². The number of nitrogens with one attached hydrogen (secondary N) is 1. The van der Waals surface area contributed by atoms with E-state index < -0.39 is 0 Å². The molecule has 2 atom stereocenters. The molecule has 1 aliphatic heterocycles. The molecule has 0 aromatic carbocycles. The van der Waals surface area contributed by atoms with Gasteiger partial charge in [0.25, 0.3) is 0 Å². The van der Waals surface area contributed by atoms with Crippen LogP contribution in [0, 0.1) is 0 Å². The van der Waals surface area contributed by atoms with E-state index in [2.05, 4.69) is 34.7 Å². The summed E-state index contributed by atoms with van der Waals surface area (Å²) in [6, 6.07) is 4.76. The van der Waals surface area contributed by atoms with Gasteiger partial charge in [0.1, 0.15) is 0 Å². The molecule has 0 spiro atoms. The summed E-state index contributed by atoms with van der Waals surface area (Å²) in [6.07, 6.45) is 0.275. The van der Waals surface area contributed by atoms with Gasteiger partial charge >= 0.3 is 0 Å². The molecule has 0 aliphatic carbocycles. The van der Waals surface area contributed by atoms with Crippen molar-refractivity contribution in [2.45, 2.75) is 19.1 Å². The number of hydrogen-bond acceptors (Lipinski definition) is 4. The van der Waals surface area contributed by atoms with Crippen LogP contribution in [0.3, 0.4) is 0 Å². The zero-order valence-electron chi connectivity index (χ0n) is 9.98. The van der Waals surface area contributed by atoms with Crippen LogP contribution >= 0.6 is 11.3 Å². The van der Waals surface area contributed by atoms with E-state index in [0.717, 1.165) is 26.2 Å². The largest absolute Gasteiger partial charge is 0.374 e. The highest BCUT2D eigenvalue weighted by Gasteiger charge is 2.32. The van der Waals surface area contributed by atoms with Gasteiger partial charge in [0.2, 0.25) is 0 Å². The summed E-state index contributed by atoms with van der Waals surface area (Å²) < 4.78 is 5.89. The van der Waals surface area contributed by atoms with Gasteiger partial charge in [0.15, 0.2) is 0 Å². The Bertz CT molecular complexity index is 300. The van der Waals surface area contributed by atoms with Gasteiger partial charge in [-0.1, -0.05) is 13.0 Å². The summed E-state index contributed by atoms with van der Waals surface area (Å²) in [6.45, 7) is 6.12. The van der Waals surface area contributed by atoms with E-state index in [4.69, 9.17) is 4.74 Å². The lowest BCUT2D eigenvalue weighted by Crippen LogP contribution is -2.48. The van der Waals surface area contributed by atoms with Crippen molar-refractivity contribution in [1.29, 1.82) is 0 Å². The predicted octanol–water partition coefficient (Wildman–Crippen LogP) is 1.73. The molecule has 90 valence electrons. The highest BCUT2D eigenvalue weighted by Crippen LogP contribution is 2.31. The van der Waals surface area contributed by atoms with Crippen molar-refractivity contribution in [3.63, 3.8) is 0 Å². The van der Waals surface area contributed by atoms with E-state index in [1.807, 2.05) is 18.4 Å². The van der Waals surface area contributed by atoms with Crippen molar-refractivity contribution < 1.29 is 4.74 Å². The molecule has 2 heterocycles. The SMILES string of the molecule is CCN1CCOC(CNC)C1c1cccs1. The first-order valence-electron chi connectivity index (χ1n) is 5.90. The lowest BCUT2D eigenvalue weighted by Gasteiger charge is -2.40. The molecule has 0 amide bonds. The third-order valence-electron chi connectivity index (χ3n) is 3.10. The maximum atomic E-state index is 5.89. The first-order chi connectivity index (χ1) is 7.86. The molecule has 0 saturated carbocycles. The summed E-state index contributed by atoms with van der Waals surface area (Å²) in [5, 5.41) is 5.37. The standard InChI is InChI=1S/C12H20N2OS/c1-3-14-6-7-15-10(9-13-2)12(14)11-5-4-8-16-11/h4-5,8,10,12-13H,3,6-7,9H2,1-2H3. The minimum absolute atomic E-state index is 0.275. The van der Waals surface area contributed by atoms with Crippen LogP contribution in [0.4, 0.5) is 0 Å². The van der Waals surface area contributed by atoms with E-state index in [-0.39, 0.29) is 6.10 Å². The van der Waals surface area contributed by atoms with Crippen LogP contribution < -0.4 is 5.32 Å². The fraction of sp³-hybridized carbons (Fsp3) is 0.667. The molecular formula is C12H20N2OS. The van der Waals surface area contributed by atoms with Crippen LogP contribution in [0.2, 0.25) is 0 Å². The lowest BCUT2D eigenvalue weighted by atomic mass is 10.1. The maximum absolute atomic E-state index is 5.89. The maximum Gasteiger partial charge on any atom is 0.0904 e. The molecule has 0 radical (unpaired) electrons. The minimum Gasteiger partial charge on any atom is -0.374 e. The normalized spacial score (nSPS) is 27.1. The second-order valence-corrected chi connectivity index (χ2v) is 5.04. The van der Waals surface area contributed by atoms with Crippen LogP contribution in [-0.4, -0.2) is 44.3 Å². The average Bonchev–Trinajstić information content (AvgIpc) is 2.82. The molecule has 16 heavy (non-hydrogen) atoms. The summed E-state index contributed by atoms with van der Waals surface area (Å²) in [5.74, 6) is 0. The van der Waals surface area contributed by atoms with Gasteiger partial charge in [0, 0.05) is 18.0 Å².